The lowest BCUT2D eigenvalue weighted by Crippen LogP contribution is -2.31. The predicted octanol–water partition coefficient (Wildman–Crippen LogP) is 4.48. The van der Waals surface area contributed by atoms with Gasteiger partial charge in [0.15, 0.2) is 5.96 Å². The summed E-state index contributed by atoms with van der Waals surface area (Å²) in [6.07, 6.45) is 3.59. The number of methoxy groups -OCH3 is 1. The maximum atomic E-state index is 13.8. The normalized spacial score (nSPS) is 13.0. The number of carbonyl (C=O) groups is 1. The topological polar surface area (TPSA) is 99.7 Å². The molecule has 0 saturated heterocycles. The Bertz CT molecular complexity index is 1080. The summed E-state index contributed by atoms with van der Waals surface area (Å²) in [6, 6.07) is 1.61. The summed E-state index contributed by atoms with van der Waals surface area (Å²) in [5.74, 6) is -0.0638. The van der Waals surface area contributed by atoms with E-state index in [1.807, 2.05) is 13.8 Å². The molecular weight excluding hydrogens is 473 g/mol. The summed E-state index contributed by atoms with van der Waals surface area (Å²) >= 11 is 0. The molecule has 0 atom stereocenters. The van der Waals surface area contributed by atoms with Gasteiger partial charge in [-0.3, -0.25) is 4.79 Å². The summed E-state index contributed by atoms with van der Waals surface area (Å²) < 4.78 is 46.5. The second-order valence-corrected chi connectivity index (χ2v) is 7.62. The van der Waals surface area contributed by atoms with Crippen LogP contribution in [0.15, 0.2) is 76.9 Å². The molecule has 11 heteroatoms. The number of amides is 1. The Morgan fingerprint density at radius 1 is 1.25 bits per heavy atom. The van der Waals surface area contributed by atoms with Crippen molar-refractivity contribution in [3.05, 3.63) is 77.4 Å². The number of guanidine groups is 1. The molecule has 196 valence electrons. The van der Waals surface area contributed by atoms with Crippen LogP contribution in [0.25, 0.3) is 0 Å². The van der Waals surface area contributed by atoms with Gasteiger partial charge in [0.05, 0.1) is 29.8 Å². The van der Waals surface area contributed by atoms with Crippen LogP contribution in [0.4, 0.5) is 18.9 Å². The van der Waals surface area contributed by atoms with Crippen LogP contribution in [-0.4, -0.2) is 43.7 Å². The molecule has 1 aromatic rings. The van der Waals surface area contributed by atoms with Crippen LogP contribution in [0.1, 0.15) is 26.3 Å². The zero-order valence-corrected chi connectivity index (χ0v) is 21.3. The van der Waals surface area contributed by atoms with Crippen molar-refractivity contribution in [1.82, 2.24) is 20.9 Å². The average Bonchev–Trinajstić information content (AvgIpc) is 2.83. The number of alkyl halides is 3. The third-order valence-corrected chi connectivity index (χ3v) is 4.57. The van der Waals surface area contributed by atoms with Gasteiger partial charge in [-0.25, -0.2) is 9.98 Å². The number of anilines is 1. The molecule has 0 saturated carbocycles. The van der Waals surface area contributed by atoms with Crippen molar-refractivity contribution in [3.63, 3.8) is 0 Å². The van der Waals surface area contributed by atoms with Gasteiger partial charge in [0.1, 0.15) is 0 Å². The van der Waals surface area contributed by atoms with Crippen molar-refractivity contribution in [2.45, 2.75) is 33.9 Å². The van der Waals surface area contributed by atoms with Gasteiger partial charge in [-0.05, 0) is 45.4 Å². The first-order chi connectivity index (χ1) is 16.9. The van der Waals surface area contributed by atoms with Crippen molar-refractivity contribution >= 4 is 17.6 Å². The summed E-state index contributed by atoms with van der Waals surface area (Å²) in [5, 5.41) is 11.0. The van der Waals surface area contributed by atoms with E-state index in [1.54, 1.807) is 44.3 Å². The Kier molecular flexibility index (Phi) is 12.0. The van der Waals surface area contributed by atoms with Gasteiger partial charge in [-0.15, -0.1) is 0 Å². The summed E-state index contributed by atoms with van der Waals surface area (Å²) in [5.41, 5.74) is 1.90. The van der Waals surface area contributed by atoms with E-state index >= 15 is 0 Å². The maximum absolute atomic E-state index is 13.8. The van der Waals surface area contributed by atoms with E-state index in [-0.39, 0.29) is 5.96 Å². The van der Waals surface area contributed by atoms with Crippen molar-refractivity contribution in [3.8, 4) is 5.88 Å². The molecule has 0 unspecified atom stereocenters. The molecule has 1 rings (SSSR count). The fourth-order valence-electron chi connectivity index (χ4n) is 2.56. The first-order valence-electron chi connectivity index (χ1n) is 10.9. The van der Waals surface area contributed by atoms with E-state index in [4.69, 9.17) is 4.74 Å². The fourth-order valence-corrected chi connectivity index (χ4v) is 2.56. The minimum atomic E-state index is -4.66. The minimum absolute atomic E-state index is 0.0841. The highest BCUT2D eigenvalue weighted by Crippen LogP contribution is 2.26. The SMILES string of the molecule is C=CC(=O)NC(=C/C)/C(=C\C=C(C)C)NC/C(=C\N=C(/NC)Nc1cc(OC)ncc1C)C(F)(F)F. The van der Waals surface area contributed by atoms with E-state index in [0.717, 1.165) is 23.4 Å². The van der Waals surface area contributed by atoms with Crippen molar-refractivity contribution in [2.75, 3.05) is 26.0 Å². The molecule has 4 N–H and O–H groups in total. The average molecular weight is 507 g/mol. The van der Waals surface area contributed by atoms with E-state index in [9.17, 15) is 18.0 Å². The molecule has 0 radical (unpaired) electrons. The molecule has 0 aliphatic carbocycles. The molecule has 0 fully saturated rings. The van der Waals surface area contributed by atoms with Crippen LogP contribution >= 0.6 is 0 Å². The highest BCUT2D eigenvalue weighted by atomic mass is 19.4. The molecule has 8 nitrogen and oxygen atoms in total. The third-order valence-electron chi connectivity index (χ3n) is 4.57. The van der Waals surface area contributed by atoms with Crippen molar-refractivity contribution in [1.29, 1.82) is 0 Å². The lowest BCUT2D eigenvalue weighted by atomic mass is 10.2. The molecule has 0 aliphatic rings. The van der Waals surface area contributed by atoms with Crippen LogP contribution < -0.4 is 26.0 Å². The molecule has 0 aliphatic heterocycles. The van der Waals surface area contributed by atoms with Gasteiger partial charge in [0.2, 0.25) is 11.8 Å². The molecule has 0 spiro atoms. The van der Waals surface area contributed by atoms with Gasteiger partial charge in [0.25, 0.3) is 0 Å². The first-order valence-corrected chi connectivity index (χ1v) is 10.9. The zero-order chi connectivity index (χ0) is 27.3. The fraction of sp³-hybridized carbons (Fsp3) is 0.320. The first kappa shape index (κ1) is 30.0. The number of aryl methyl sites for hydroxylation is 1. The number of hydrogen-bond acceptors (Lipinski definition) is 5. The summed E-state index contributed by atoms with van der Waals surface area (Å²) in [4.78, 5) is 19.8. The molecular formula is C25H33F3N6O2. The summed E-state index contributed by atoms with van der Waals surface area (Å²) in [7, 11) is 2.99. The number of rotatable bonds is 10. The number of ether oxygens (including phenoxy) is 1. The predicted molar refractivity (Wildman–Crippen MR) is 137 cm³/mol. The zero-order valence-electron chi connectivity index (χ0n) is 21.3. The molecule has 1 heterocycles. The maximum Gasteiger partial charge on any atom is 0.415 e. The highest BCUT2D eigenvalue weighted by molar-refractivity contribution is 5.94. The van der Waals surface area contributed by atoms with Gasteiger partial charge in [-0.2, -0.15) is 13.2 Å². The van der Waals surface area contributed by atoms with Gasteiger partial charge < -0.3 is 26.0 Å². The molecule has 0 aromatic carbocycles. The molecule has 0 bridgehead atoms. The standard InChI is InChI=1S/C25H33F3N6O2/c1-8-19(33-22(35)9-2)20(11-10-16(3)4)30-14-18(25(26,27)28)15-32-24(29-6)34-21-12-23(36-7)31-13-17(21)5/h8-13,15,30H,2,14H2,1,3-7H3,(H,33,35)(H2,29,31,32,34)/b18-15+,19-8+,20-11+. The van der Waals surface area contributed by atoms with E-state index in [0.29, 0.717) is 23.0 Å². The van der Waals surface area contributed by atoms with Crippen LogP contribution in [-0.2, 0) is 4.79 Å². The Morgan fingerprint density at radius 2 is 1.94 bits per heavy atom. The second-order valence-electron chi connectivity index (χ2n) is 7.62. The number of carbonyl (C=O) groups excluding carboxylic acids is 1. The smallest absolute Gasteiger partial charge is 0.415 e. The molecule has 36 heavy (non-hydrogen) atoms. The Balaban J connectivity index is 3.27. The lowest BCUT2D eigenvalue weighted by molar-refractivity contribution is -0.115. The molecule has 1 amide bonds. The number of allylic oxidation sites excluding steroid dienone is 4. The Hall–Kier alpha value is -4.02. The number of pyridine rings is 1. The highest BCUT2D eigenvalue weighted by Gasteiger charge is 2.33. The Labute approximate surface area is 209 Å². The number of halogens is 3. The van der Waals surface area contributed by atoms with Crippen LogP contribution in [0.2, 0.25) is 0 Å². The van der Waals surface area contributed by atoms with Gasteiger partial charge in [0, 0.05) is 32.1 Å². The van der Waals surface area contributed by atoms with Crippen LogP contribution in [0.5, 0.6) is 5.88 Å². The van der Waals surface area contributed by atoms with Gasteiger partial charge >= 0.3 is 6.18 Å². The monoisotopic (exact) mass is 506 g/mol. The van der Waals surface area contributed by atoms with Gasteiger partial charge in [-0.1, -0.05) is 24.3 Å². The number of hydrogen-bond donors (Lipinski definition) is 4. The third kappa shape index (κ3) is 10.1. The van der Waals surface area contributed by atoms with Crippen LogP contribution in [0.3, 0.4) is 0 Å². The van der Waals surface area contributed by atoms with E-state index in [2.05, 4.69) is 37.8 Å². The minimum Gasteiger partial charge on any atom is -0.481 e. The Morgan fingerprint density at radius 3 is 2.47 bits per heavy atom. The molecule has 1 aromatic heterocycles. The lowest BCUT2D eigenvalue weighted by Gasteiger charge is -2.18. The van der Waals surface area contributed by atoms with Crippen molar-refractivity contribution < 1.29 is 22.7 Å². The summed E-state index contributed by atoms with van der Waals surface area (Å²) in [6.45, 7) is 9.92. The number of nitrogens with zero attached hydrogens (tertiary/aromatic N) is 2. The van der Waals surface area contributed by atoms with Crippen molar-refractivity contribution in [2.24, 2.45) is 4.99 Å². The second kappa shape index (κ2) is 14.4. The quantitative estimate of drug-likeness (QED) is 0.162. The van der Waals surface area contributed by atoms with E-state index < -0.39 is 24.2 Å². The number of aromatic nitrogens is 1. The van der Waals surface area contributed by atoms with Crippen LogP contribution in [0, 0.1) is 6.92 Å². The van der Waals surface area contributed by atoms with E-state index in [1.165, 1.54) is 14.2 Å². The number of nitrogens with one attached hydrogen (secondary N) is 4. The largest absolute Gasteiger partial charge is 0.481 e. The number of aliphatic imine (C=N–C) groups is 1.